The second kappa shape index (κ2) is 8.66. The fourth-order valence-electron chi connectivity index (χ4n) is 3.69. The van der Waals surface area contributed by atoms with Crippen molar-refractivity contribution in [3.8, 4) is 34.7 Å². The average Bonchev–Trinajstić information content (AvgIpc) is 3.22. The molecule has 0 fully saturated rings. The van der Waals surface area contributed by atoms with Crippen molar-refractivity contribution in [2.24, 2.45) is 5.73 Å². The molecule has 1 aliphatic heterocycles. The van der Waals surface area contributed by atoms with E-state index in [-0.39, 0.29) is 5.88 Å². The summed E-state index contributed by atoms with van der Waals surface area (Å²) < 4.78 is 16.8. The summed E-state index contributed by atoms with van der Waals surface area (Å²) in [6.45, 7) is 2.45. The third-order valence-corrected chi connectivity index (χ3v) is 5.88. The highest BCUT2D eigenvalue weighted by molar-refractivity contribution is 7.98. The first-order valence-electron chi connectivity index (χ1n) is 9.72. The predicted molar refractivity (Wildman–Crippen MR) is 119 cm³/mol. The molecule has 0 bridgehead atoms. The predicted octanol–water partition coefficient (Wildman–Crippen LogP) is 4.42. The highest BCUT2D eigenvalue weighted by Crippen LogP contribution is 2.46. The minimum atomic E-state index is -0.407. The standard InChI is InChI=1S/C23H22N4O3S/c1-4-29-17-10-7-14(11-18(17)28-2)21-20-19(13-5-8-15(31-3)9-6-13)16(12-24)22(25)30-23(20)27-26-21/h5-11,19H,4,25H2,1-3H3,(H,26,27)/t19-/m0/s1. The number of rotatable bonds is 6. The molecule has 3 aromatic rings. The summed E-state index contributed by atoms with van der Waals surface area (Å²) in [5.74, 6) is 1.28. The number of aromatic nitrogens is 2. The Kier molecular flexibility index (Phi) is 5.78. The maximum atomic E-state index is 9.86. The van der Waals surface area contributed by atoms with Crippen molar-refractivity contribution in [3.63, 3.8) is 0 Å². The van der Waals surface area contributed by atoms with Crippen LogP contribution in [0.4, 0.5) is 0 Å². The Morgan fingerprint density at radius 1 is 1.23 bits per heavy atom. The Morgan fingerprint density at radius 3 is 2.65 bits per heavy atom. The maximum absolute atomic E-state index is 9.86. The van der Waals surface area contributed by atoms with Crippen LogP contribution in [0.2, 0.25) is 0 Å². The zero-order chi connectivity index (χ0) is 22.0. The van der Waals surface area contributed by atoms with Gasteiger partial charge in [0.25, 0.3) is 0 Å². The van der Waals surface area contributed by atoms with E-state index in [4.69, 9.17) is 19.9 Å². The highest BCUT2D eigenvalue weighted by atomic mass is 32.2. The first-order valence-corrected chi connectivity index (χ1v) is 10.9. The number of H-pyrrole nitrogens is 1. The van der Waals surface area contributed by atoms with Crippen LogP contribution in [0.25, 0.3) is 11.3 Å². The van der Waals surface area contributed by atoms with Gasteiger partial charge >= 0.3 is 0 Å². The molecule has 3 N–H and O–H groups in total. The molecule has 0 radical (unpaired) electrons. The van der Waals surface area contributed by atoms with Crippen LogP contribution in [0.15, 0.2) is 58.8 Å². The molecule has 0 saturated heterocycles. The number of hydrogen-bond acceptors (Lipinski definition) is 7. The van der Waals surface area contributed by atoms with Gasteiger partial charge in [0.15, 0.2) is 11.5 Å². The summed E-state index contributed by atoms with van der Waals surface area (Å²) in [5.41, 5.74) is 9.68. The molecule has 0 spiro atoms. The lowest BCUT2D eigenvalue weighted by molar-refractivity contribution is 0.311. The molecule has 1 aliphatic rings. The van der Waals surface area contributed by atoms with E-state index in [1.165, 1.54) is 0 Å². The van der Waals surface area contributed by atoms with Crippen LogP contribution in [0, 0.1) is 11.3 Å². The molecule has 0 unspecified atom stereocenters. The van der Waals surface area contributed by atoms with Crippen LogP contribution >= 0.6 is 11.8 Å². The topological polar surface area (TPSA) is 106 Å². The van der Waals surface area contributed by atoms with Crippen LogP contribution in [-0.2, 0) is 0 Å². The zero-order valence-corrected chi connectivity index (χ0v) is 18.2. The van der Waals surface area contributed by atoms with Gasteiger partial charge in [-0.2, -0.15) is 5.26 Å². The Morgan fingerprint density at radius 2 is 2.00 bits per heavy atom. The van der Waals surface area contributed by atoms with Gasteiger partial charge < -0.3 is 19.9 Å². The smallest absolute Gasteiger partial charge is 0.244 e. The molecule has 1 aromatic heterocycles. The van der Waals surface area contributed by atoms with E-state index in [2.05, 4.69) is 16.3 Å². The van der Waals surface area contributed by atoms with Gasteiger partial charge in [0.05, 0.1) is 30.9 Å². The van der Waals surface area contributed by atoms with Gasteiger partial charge in [-0.15, -0.1) is 16.9 Å². The molecular weight excluding hydrogens is 412 g/mol. The fourth-order valence-corrected chi connectivity index (χ4v) is 4.10. The first kappa shape index (κ1) is 20.7. The molecule has 2 aromatic carbocycles. The molecule has 4 rings (SSSR count). The molecule has 0 saturated carbocycles. The van der Waals surface area contributed by atoms with Crippen LogP contribution in [0.1, 0.15) is 24.0 Å². The van der Waals surface area contributed by atoms with Gasteiger partial charge in [0, 0.05) is 10.5 Å². The molecule has 0 aliphatic carbocycles. The van der Waals surface area contributed by atoms with Gasteiger partial charge in [-0.3, -0.25) is 5.10 Å². The number of nitrogens with one attached hydrogen (secondary N) is 1. The SMILES string of the molecule is CCOc1ccc(-c2[nH]nc3c2[C@@H](c2ccc(SC)cc2)C(C#N)=C(N)O3)cc1OC. The van der Waals surface area contributed by atoms with Crippen molar-refractivity contribution in [3.05, 3.63) is 65.0 Å². The maximum Gasteiger partial charge on any atom is 0.244 e. The van der Waals surface area contributed by atoms with Gasteiger partial charge in [-0.25, -0.2) is 0 Å². The third-order valence-electron chi connectivity index (χ3n) is 5.14. The summed E-state index contributed by atoms with van der Waals surface area (Å²) in [7, 11) is 1.60. The lowest BCUT2D eigenvalue weighted by Gasteiger charge is -2.24. The summed E-state index contributed by atoms with van der Waals surface area (Å²) >= 11 is 1.66. The van der Waals surface area contributed by atoms with Gasteiger partial charge in [-0.05, 0) is 49.1 Å². The summed E-state index contributed by atoms with van der Waals surface area (Å²) in [4.78, 5) is 1.13. The number of nitriles is 1. The van der Waals surface area contributed by atoms with Crippen molar-refractivity contribution in [1.82, 2.24) is 10.2 Å². The van der Waals surface area contributed by atoms with E-state index in [0.29, 0.717) is 29.6 Å². The van der Waals surface area contributed by atoms with Crippen LogP contribution in [-0.4, -0.2) is 30.2 Å². The summed E-state index contributed by atoms with van der Waals surface area (Å²) in [5, 5.41) is 17.2. The monoisotopic (exact) mass is 434 g/mol. The quantitative estimate of drug-likeness (QED) is 0.553. The van der Waals surface area contributed by atoms with Crippen LogP contribution < -0.4 is 19.9 Å². The molecule has 158 valence electrons. The Balaban J connectivity index is 1.87. The Labute approximate surface area is 184 Å². The normalized spacial score (nSPS) is 15.1. The number of nitrogens with two attached hydrogens (primary N) is 1. The number of hydrogen-bond donors (Lipinski definition) is 2. The minimum Gasteiger partial charge on any atom is -0.493 e. The molecule has 8 heteroatoms. The lowest BCUT2D eigenvalue weighted by atomic mass is 9.83. The first-order chi connectivity index (χ1) is 15.1. The minimum absolute atomic E-state index is 0.0660. The highest BCUT2D eigenvalue weighted by Gasteiger charge is 2.35. The number of fused-ring (bicyclic) bond motifs is 1. The van der Waals surface area contributed by atoms with Crippen molar-refractivity contribution in [1.29, 1.82) is 5.26 Å². The average molecular weight is 435 g/mol. The van der Waals surface area contributed by atoms with Crippen molar-refractivity contribution >= 4 is 11.8 Å². The fraction of sp³-hybridized carbons (Fsp3) is 0.217. The van der Waals surface area contributed by atoms with Crippen LogP contribution in [0.3, 0.4) is 0 Å². The van der Waals surface area contributed by atoms with Crippen molar-refractivity contribution < 1.29 is 14.2 Å². The lowest BCUT2D eigenvalue weighted by Crippen LogP contribution is -2.21. The largest absolute Gasteiger partial charge is 0.493 e. The van der Waals surface area contributed by atoms with Crippen molar-refractivity contribution in [2.45, 2.75) is 17.7 Å². The second-order valence-corrected chi connectivity index (χ2v) is 7.69. The van der Waals surface area contributed by atoms with Gasteiger partial charge in [-0.1, -0.05) is 12.1 Å². The molecule has 7 nitrogen and oxygen atoms in total. The number of thioether (sulfide) groups is 1. The van der Waals surface area contributed by atoms with E-state index in [1.54, 1.807) is 18.9 Å². The Bertz CT molecular complexity index is 1180. The van der Waals surface area contributed by atoms with Gasteiger partial charge in [0.2, 0.25) is 11.8 Å². The van der Waals surface area contributed by atoms with E-state index >= 15 is 0 Å². The number of methoxy groups -OCH3 is 1. The van der Waals surface area contributed by atoms with E-state index < -0.39 is 5.92 Å². The number of nitrogens with zero attached hydrogens (tertiary/aromatic N) is 2. The zero-order valence-electron chi connectivity index (χ0n) is 17.4. The number of ether oxygens (including phenoxy) is 3. The number of allylic oxidation sites excluding steroid dienone is 1. The van der Waals surface area contributed by atoms with E-state index in [1.807, 2.05) is 55.6 Å². The van der Waals surface area contributed by atoms with Crippen LogP contribution in [0.5, 0.6) is 17.4 Å². The number of benzene rings is 2. The number of aromatic amines is 1. The third kappa shape index (κ3) is 3.68. The van der Waals surface area contributed by atoms with Crippen molar-refractivity contribution in [2.75, 3.05) is 20.0 Å². The summed E-state index contributed by atoms with van der Waals surface area (Å²) in [6.07, 6.45) is 2.02. The molecule has 31 heavy (non-hydrogen) atoms. The second-order valence-electron chi connectivity index (χ2n) is 6.81. The molecule has 0 amide bonds. The molecule has 2 heterocycles. The summed E-state index contributed by atoms with van der Waals surface area (Å²) in [6, 6.07) is 15.9. The molecule has 1 atom stereocenters. The Hall–Kier alpha value is -3.57. The van der Waals surface area contributed by atoms with E-state index in [0.717, 1.165) is 27.3 Å². The van der Waals surface area contributed by atoms with Gasteiger partial charge in [0.1, 0.15) is 11.6 Å². The van der Waals surface area contributed by atoms with E-state index in [9.17, 15) is 5.26 Å². The molecular formula is C23H22N4O3S.